The van der Waals surface area contributed by atoms with Gasteiger partial charge in [0.25, 0.3) is 0 Å². The maximum absolute atomic E-state index is 12.8. The number of nitrogens with zero attached hydrogens (tertiary/aromatic N) is 4. The van der Waals surface area contributed by atoms with Gasteiger partial charge in [-0.2, -0.15) is 0 Å². The first-order chi connectivity index (χ1) is 16.9. The summed E-state index contributed by atoms with van der Waals surface area (Å²) in [7, 11) is 0. The Hall–Kier alpha value is -2.62. The lowest BCUT2D eigenvalue weighted by Gasteiger charge is -2.38. The number of rotatable bonds is 8. The van der Waals surface area contributed by atoms with Gasteiger partial charge >= 0.3 is 6.36 Å². The van der Waals surface area contributed by atoms with Gasteiger partial charge in [0, 0.05) is 71.0 Å². The maximum atomic E-state index is 12.8. The van der Waals surface area contributed by atoms with Crippen LogP contribution in [0.3, 0.4) is 0 Å². The van der Waals surface area contributed by atoms with Crippen molar-refractivity contribution < 1.29 is 22.7 Å². The Morgan fingerprint density at radius 1 is 0.771 bits per heavy atom. The number of halogens is 3. The number of para-hydroxylation sites is 1. The zero-order valence-electron chi connectivity index (χ0n) is 19.9. The molecule has 2 aromatic carbocycles. The molecule has 0 spiro atoms. The van der Waals surface area contributed by atoms with Crippen LogP contribution in [-0.2, 0) is 17.8 Å². The van der Waals surface area contributed by atoms with Crippen LogP contribution in [0.2, 0.25) is 0 Å². The minimum Gasteiger partial charge on any atom is -0.405 e. The van der Waals surface area contributed by atoms with Crippen LogP contribution in [0.5, 0.6) is 5.75 Å². The van der Waals surface area contributed by atoms with E-state index >= 15 is 0 Å². The van der Waals surface area contributed by atoms with E-state index in [1.54, 1.807) is 12.1 Å². The lowest BCUT2D eigenvalue weighted by atomic mass is 10.1. The first kappa shape index (κ1) is 25.5. The van der Waals surface area contributed by atoms with Gasteiger partial charge in [0.2, 0.25) is 5.91 Å². The average Bonchev–Trinajstić information content (AvgIpc) is 2.85. The van der Waals surface area contributed by atoms with Crippen LogP contribution >= 0.6 is 0 Å². The van der Waals surface area contributed by atoms with Crippen molar-refractivity contribution >= 4 is 5.91 Å². The van der Waals surface area contributed by atoms with Crippen LogP contribution in [0.25, 0.3) is 0 Å². The number of carbonyl (C=O) groups excluding carboxylic acids is 1. The van der Waals surface area contributed by atoms with Gasteiger partial charge in [-0.1, -0.05) is 48.5 Å². The smallest absolute Gasteiger partial charge is 0.405 e. The van der Waals surface area contributed by atoms with Gasteiger partial charge in [0.05, 0.1) is 6.54 Å². The minimum atomic E-state index is -4.71. The van der Waals surface area contributed by atoms with Crippen molar-refractivity contribution in [3.05, 3.63) is 65.7 Å². The van der Waals surface area contributed by atoms with E-state index in [1.807, 2.05) is 11.0 Å². The molecule has 0 N–H and O–H groups in total. The van der Waals surface area contributed by atoms with E-state index in [0.717, 1.165) is 39.1 Å². The van der Waals surface area contributed by atoms with Crippen LogP contribution in [0.15, 0.2) is 54.6 Å². The van der Waals surface area contributed by atoms with Crippen molar-refractivity contribution in [3.8, 4) is 5.75 Å². The van der Waals surface area contributed by atoms with Crippen LogP contribution in [0.1, 0.15) is 11.1 Å². The van der Waals surface area contributed by atoms with Crippen LogP contribution in [-0.4, -0.2) is 97.3 Å². The second kappa shape index (κ2) is 11.9. The van der Waals surface area contributed by atoms with E-state index in [9.17, 15) is 18.0 Å². The van der Waals surface area contributed by atoms with Gasteiger partial charge in [-0.05, 0) is 18.1 Å². The highest BCUT2D eigenvalue weighted by molar-refractivity contribution is 5.78. The van der Waals surface area contributed by atoms with Crippen LogP contribution in [0, 0.1) is 0 Å². The third-order valence-corrected chi connectivity index (χ3v) is 6.70. The average molecular weight is 491 g/mol. The molecular weight excluding hydrogens is 457 g/mol. The van der Waals surface area contributed by atoms with E-state index in [2.05, 4.69) is 43.7 Å². The molecule has 0 atom stereocenters. The molecule has 2 aliphatic heterocycles. The third-order valence-electron chi connectivity index (χ3n) is 6.70. The molecule has 190 valence electrons. The predicted octanol–water partition coefficient (Wildman–Crippen LogP) is 3.09. The van der Waals surface area contributed by atoms with Crippen molar-refractivity contribution in [2.24, 2.45) is 0 Å². The van der Waals surface area contributed by atoms with E-state index in [-0.39, 0.29) is 11.7 Å². The summed E-state index contributed by atoms with van der Waals surface area (Å²) in [5.74, 6) is -0.0374. The molecule has 0 radical (unpaired) electrons. The number of carbonyl (C=O) groups is 1. The number of hydrogen-bond donors (Lipinski definition) is 0. The van der Waals surface area contributed by atoms with E-state index in [0.29, 0.717) is 44.8 Å². The Balaban J connectivity index is 1.16. The molecule has 4 rings (SSSR count). The molecule has 2 saturated heterocycles. The van der Waals surface area contributed by atoms with Crippen LogP contribution < -0.4 is 4.74 Å². The van der Waals surface area contributed by atoms with Gasteiger partial charge in [0.1, 0.15) is 5.75 Å². The Morgan fingerprint density at radius 2 is 1.37 bits per heavy atom. The molecule has 0 saturated carbocycles. The van der Waals surface area contributed by atoms with Crippen molar-refractivity contribution in [3.63, 3.8) is 0 Å². The molecule has 2 aliphatic rings. The van der Waals surface area contributed by atoms with Gasteiger partial charge in [-0.3, -0.25) is 14.6 Å². The Morgan fingerprint density at radius 3 is 2.06 bits per heavy atom. The number of alkyl halides is 3. The molecule has 0 unspecified atom stereocenters. The molecule has 35 heavy (non-hydrogen) atoms. The highest BCUT2D eigenvalue weighted by Gasteiger charge is 2.32. The molecule has 1 amide bonds. The van der Waals surface area contributed by atoms with Crippen molar-refractivity contribution in [1.82, 2.24) is 19.6 Å². The fraction of sp³-hybridized carbons (Fsp3) is 0.500. The second-order valence-electron chi connectivity index (χ2n) is 9.17. The molecule has 2 aromatic rings. The quantitative estimate of drug-likeness (QED) is 0.569. The van der Waals surface area contributed by atoms with Crippen molar-refractivity contribution in [2.45, 2.75) is 19.3 Å². The number of amides is 1. The molecule has 9 heteroatoms. The summed E-state index contributed by atoms with van der Waals surface area (Å²) in [6.07, 6.45) is -3.68. The first-order valence-corrected chi connectivity index (χ1v) is 12.2. The lowest BCUT2D eigenvalue weighted by molar-refractivity contribution is -0.275. The number of benzene rings is 2. The maximum Gasteiger partial charge on any atom is 0.573 e. The summed E-state index contributed by atoms with van der Waals surface area (Å²) in [4.78, 5) is 21.4. The molecule has 0 aromatic heterocycles. The second-order valence-corrected chi connectivity index (χ2v) is 9.17. The molecule has 2 heterocycles. The number of ether oxygens (including phenoxy) is 1. The van der Waals surface area contributed by atoms with E-state index < -0.39 is 6.36 Å². The molecule has 0 bridgehead atoms. The van der Waals surface area contributed by atoms with Gasteiger partial charge in [0.15, 0.2) is 0 Å². The molecule has 2 fully saturated rings. The summed E-state index contributed by atoms with van der Waals surface area (Å²) in [6, 6.07) is 16.7. The predicted molar refractivity (Wildman–Crippen MR) is 128 cm³/mol. The standard InChI is InChI=1S/C26H33F3N4O2/c27-26(28,29)35-24-9-5-4-8-23(24)20-31-16-18-33(19-17-31)25(34)21-32-14-12-30(13-15-32)11-10-22-6-2-1-3-7-22/h1-9H,10-21H2. The van der Waals surface area contributed by atoms with Crippen LogP contribution in [0.4, 0.5) is 13.2 Å². The summed E-state index contributed by atoms with van der Waals surface area (Å²) in [5, 5.41) is 0. The molecular formula is C26H33F3N4O2. The normalized spacial score (nSPS) is 18.5. The molecule has 0 aliphatic carbocycles. The molecule has 6 nitrogen and oxygen atoms in total. The highest BCUT2D eigenvalue weighted by Crippen LogP contribution is 2.27. The van der Waals surface area contributed by atoms with Crippen molar-refractivity contribution in [1.29, 1.82) is 0 Å². The number of piperazine rings is 2. The van der Waals surface area contributed by atoms with Gasteiger partial charge in [-0.15, -0.1) is 13.2 Å². The third kappa shape index (κ3) is 7.95. The van der Waals surface area contributed by atoms with E-state index in [4.69, 9.17) is 0 Å². The summed E-state index contributed by atoms with van der Waals surface area (Å²) < 4.78 is 42.2. The summed E-state index contributed by atoms with van der Waals surface area (Å²) >= 11 is 0. The summed E-state index contributed by atoms with van der Waals surface area (Å²) in [6.45, 7) is 7.93. The van der Waals surface area contributed by atoms with Gasteiger partial charge < -0.3 is 14.5 Å². The van der Waals surface area contributed by atoms with Crippen molar-refractivity contribution in [2.75, 3.05) is 65.4 Å². The summed E-state index contributed by atoms with van der Waals surface area (Å²) in [5.41, 5.74) is 1.84. The Kier molecular flexibility index (Phi) is 8.64. The monoisotopic (exact) mass is 490 g/mol. The minimum absolute atomic E-state index is 0.128. The number of hydrogen-bond acceptors (Lipinski definition) is 5. The zero-order chi connectivity index (χ0) is 24.7. The first-order valence-electron chi connectivity index (χ1n) is 12.2. The van der Waals surface area contributed by atoms with E-state index in [1.165, 1.54) is 17.7 Å². The SMILES string of the molecule is O=C(CN1CCN(CCc2ccccc2)CC1)N1CCN(Cc2ccccc2OC(F)(F)F)CC1. The fourth-order valence-electron chi connectivity index (χ4n) is 4.65. The van der Waals surface area contributed by atoms with Gasteiger partial charge in [-0.25, -0.2) is 0 Å². The fourth-order valence-corrected chi connectivity index (χ4v) is 4.65. The lowest BCUT2D eigenvalue weighted by Crippen LogP contribution is -2.53. The Bertz CT molecular complexity index is 941. The Labute approximate surface area is 204 Å². The zero-order valence-corrected chi connectivity index (χ0v) is 19.9. The highest BCUT2D eigenvalue weighted by atomic mass is 19.4. The largest absolute Gasteiger partial charge is 0.573 e. The topological polar surface area (TPSA) is 39.3 Å².